The van der Waals surface area contributed by atoms with E-state index in [4.69, 9.17) is 33.0 Å². The molecule has 0 aromatic heterocycles. The topological polar surface area (TPSA) is 46.5 Å². The molecule has 0 aliphatic carbocycles. The highest BCUT2D eigenvalue weighted by molar-refractivity contribution is 6.42. The summed E-state index contributed by atoms with van der Waals surface area (Å²) in [5.74, 6) is -0.368. The van der Waals surface area contributed by atoms with Crippen molar-refractivity contribution >= 4 is 29.2 Å². The standard InChI is InChI=1S/C13H8Cl2O3/c14-10-6-5-8(7-11(10)15)18-12-4-2-1-3-9(12)13(16)17/h1-7H,(H,16,17). The van der Waals surface area contributed by atoms with Crippen LogP contribution in [-0.2, 0) is 0 Å². The van der Waals surface area contributed by atoms with E-state index in [2.05, 4.69) is 0 Å². The molecule has 0 radical (unpaired) electrons. The second kappa shape index (κ2) is 5.29. The van der Waals surface area contributed by atoms with Gasteiger partial charge in [0.15, 0.2) is 0 Å². The molecule has 1 N–H and O–H groups in total. The van der Waals surface area contributed by atoms with E-state index in [0.717, 1.165) is 0 Å². The molecular weight excluding hydrogens is 275 g/mol. The zero-order chi connectivity index (χ0) is 13.1. The van der Waals surface area contributed by atoms with Crippen molar-refractivity contribution in [2.24, 2.45) is 0 Å². The van der Waals surface area contributed by atoms with E-state index >= 15 is 0 Å². The van der Waals surface area contributed by atoms with E-state index < -0.39 is 5.97 Å². The predicted octanol–water partition coefficient (Wildman–Crippen LogP) is 4.48. The van der Waals surface area contributed by atoms with Gasteiger partial charge in [0.1, 0.15) is 17.1 Å². The molecule has 0 heterocycles. The summed E-state index contributed by atoms with van der Waals surface area (Å²) in [6.45, 7) is 0. The fourth-order valence-electron chi connectivity index (χ4n) is 1.40. The van der Waals surface area contributed by atoms with Gasteiger partial charge in [-0.1, -0.05) is 35.3 Å². The monoisotopic (exact) mass is 282 g/mol. The molecular formula is C13H8Cl2O3. The fraction of sp³-hybridized carbons (Fsp3) is 0. The van der Waals surface area contributed by atoms with E-state index in [-0.39, 0.29) is 11.3 Å². The number of carboxylic acid groups (broad SMARTS) is 1. The van der Waals surface area contributed by atoms with Gasteiger partial charge in [-0.05, 0) is 24.3 Å². The highest BCUT2D eigenvalue weighted by Gasteiger charge is 2.11. The number of aromatic carboxylic acids is 1. The van der Waals surface area contributed by atoms with E-state index in [9.17, 15) is 4.79 Å². The van der Waals surface area contributed by atoms with Crippen molar-refractivity contribution in [1.82, 2.24) is 0 Å². The van der Waals surface area contributed by atoms with Gasteiger partial charge in [0.05, 0.1) is 10.0 Å². The second-order valence-corrected chi connectivity index (χ2v) is 4.29. The molecule has 0 spiro atoms. The smallest absolute Gasteiger partial charge is 0.339 e. The maximum absolute atomic E-state index is 11.0. The number of halogens is 2. The predicted molar refractivity (Wildman–Crippen MR) is 69.9 cm³/mol. The van der Waals surface area contributed by atoms with Crippen LogP contribution in [0, 0.1) is 0 Å². The third-order valence-electron chi connectivity index (χ3n) is 2.24. The number of hydrogen-bond acceptors (Lipinski definition) is 2. The minimum atomic E-state index is -1.05. The van der Waals surface area contributed by atoms with Crippen LogP contribution in [0.3, 0.4) is 0 Å². The first-order valence-corrected chi connectivity index (χ1v) is 5.79. The van der Waals surface area contributed by atoms with Crippen molar-refractivity contribution < 1.29 is 14.6 Å². The molecule has 0 saturated heterocycles. The second-order valence-electron chi connectivity index (χ2n) is 3.48. The molecule has 3 nitrogen and oxygen atoms in total. The number of rotatable bonds is 3. The Morgan fingerprint density at radius 3 is 2.44 bits per heavy atom. The van der Waals surface area contributed by atoms with Gasteiger partial charge in [-0.25, -0.2) is 4.79 Å². The lowest BCUT2D eigenvalue weighted by molar-refractivity contribution is 0.0694. The van der Waals surface area contributed by atoms with Crippen LogP contribution in [0.4, 0.5) is 0 Å². The zero-order valence-corrected chi connectivity index (χ0v) is 10.6. The van der Waals surface area contributed by atoms with Crippen LogP contribution in [0.25, 0.3) is 0 Å². The molecule has 92 valence electrons. The summed E-state index contributed by atoms with van der Waals surface area (Å²) < 4.78 is 5.48. The summed E-state index contributed by atoms with van der Waals surface area (Å²) in [5, 5.41) is 9.78. The normalized spacial score (nSPS) is 10.1. The number of carboxylic acids is 1. The highest BCUT2D eigenvalue weighted by Crippen LogP contribution is 2.30. The van der Waals surface area contributed by atoms with Gasteiger partial charge in [-0.15, -0.1) is 0 Å². The van der Waals surface area contributed by atoms with Crippen molar-refractivity contribution in [3.63, 3.8) is 0 Å². The number of para-hydroxylation sites is 1. The minimum absolute atomic E-state index is 0.0866. The van der Waals surface area contributed by atoms with Crippen molar-refractivity contribution in [2.45, 2.75) is 0 Å². The van der Waals surface area contributed by atoms with Gasteiger partial charge >= 0.3 is 5.97 Å². The molecule has 0 aliphatic rings. The van der Waals surface area contributed by atoms with Crippen LogP contribution in [0.5, 0.6) is 11.5 Å². The van der Waals surface area contributed by atoms with Crippen LogP contribution in [0.2, 0.25) is 10.0 Å². The van der Waals surface area contributed by atoms with Crippen LogP contribution in [-0.4, -0.2) is 11.1 Å². The molecule has 2 rings (SSSR count). The summed E-state index contributed by atoms with van der Waals surface area (Å²) in [4.78, 5) is 11.0. The summed E-state index contributed by atoms with van der Waals surface area (Å²) in [6.07, 6.45) is 0. The Bertz CT molecular complexity index is 597. The van der Waals surface area contributed by atoms with Crippen molar-refractivity contribution in [3.8, 4) is 11.5 Å². The van der Waals surface area contributed by atoms with E-state index in [0.29, 0.717) is 15.8 Å². The Labute approximate surface area is 114 Å². The first-order valence-electron chi connectivity index (χ1n) is 5.03. The van der Waals surface area contributed by atoms with Crippen LogP contribution < -0.4 is 4.74 Å². The molecule has 0 amide bonds. The average Bonchev–Trinajstić information content (AvgIpc) is 2.34. The minimum Gasteiger partial charge on any atom is -0.478 e. The molecule has 0 atom stereocenters. The molecule has 0 unspecified atom stereocenters. The number of carbonyl (C=O) groups is 1. The molecule has 0 fully saturated rings. The Morgan fingerprint density at radius 2 is 1.78 bits per heavy atom. The Morgan fingerprint density at radius 1 is 1.06 bits per heavy atom. The van der Waals surface area contributed by atoms with Gasteiger partial charge in [0, 0.05) is 6.07 Å². The molecule has 2 aromatic rings. The van der Waals surface area contributed by atoms with Crippen LogP contribution in [0.15, 0.2) is 42.5 Å². The summed E-state index contributed by atoms with van der Waals surface area (Å²) in [5.41, 5.74) is 0.0866. The third kappa shape index (κ3) is 2.75. The van der Waals surface area contributed by atoms with Crippen LogP contribution in [0.1, 0.15) is 10.4 Å². The van der Waals surface area contributed by atoms with E-state index in [1.165, 1.54) is 12.1 Å². The van der Waals surface area contributed by atoms with Gasteiger partial charge in [0.25, 0.3) is 0 Å². The lowest BCUT2D eigenvalue weighted by Crippen LogP contribution is -1.99. The lowest BCUT2D eigenvalue weighted by atomic mass is 10.2. The van der Waals surface area contributed by atoms with Gasteiger partial charge in [0.2, 0.25) is 0 Å². The largest absolute Gasteiger partial charge is 0.478 e. The molecule has 0 saturated carbocycles. The molecule has 2 aromatic carbocycles. The van der Waals surface area contributed by atoms with Gasteiger partial charge in [-0.3, -0.25) is 0 Å². The van der Waals surface area contributed by atoms with E-state index in [1.807, 2.05) is 0 Å². The number of benzene rings is 2. The average molecular weight is 283 g/mol. The number of hydrogen-bond donors (Lipinski definition) is 1. The first-order chi connectivity index (χ1) is 8.58. The van der Waals surface area contributed by atoms with Crippen molar-refractivity contribution in [1.29, 1.82) is 0 Å². The maximum Gasteiger partial charge on any atom is 0.339 e. The number of ether oxygens (including phenoxy) is 1. The van der Waals surface area contributed by atoms with Crippen molar-refractivity contribution in [3.05, 3.63) is 58.1 Å². The Kier molecular flexibility index (Phi) is 3.75. The molecule has 5 heteroatoms. The quantitative estimate of drug-likeness (QED) is 0.903. The first kappa shape index (κ1) is 12.7. The van der Waals surface area contributed by atoms with Crippen LogP contribution >= 0.6 is 23.2 Å². The van der Waals surface area contributed by atoms with Gasteiger partial charge in [-0.2, -0.15) is 0 Å². The zero-order valence-electron chi connectivity index (χ0n) is 9.06. The molecule has 18 heavy (non-hydrogen) atoms. The summed E-state index contributed by atoms with van der Waals surface area (Å²) in [7, 11) is 0. The summed E-state index contributed by atoms with van der Waals surface area (Å²) >= 11 is 11.6. The Hall–Kier alpha value is -1.71. The molecule has 0 bridgehead atoms. The van der Waals surface area contributed by atoms with Gasteiger partial charge < -0.3 is 9.84 Å². The third-order valence-corrected chi connectivity index (χ3v) is 2.98. The maximum atomic E-state index is 11.0. The SMILES string of the molecule is O=C(O)c1ccccc1Oc1ccc(Cl)c(Cl)c1. The van der Waals surface area contributed by atoms with E-state index in [1.54, 1.807) is 30.3 Å². The van der Waals surface area contributed by atoms with Crippen molar-refractivity contribution in [2.75, 3.05) is 0 Å². The lowest BCUT2D eigenvalue weighted by Gasteiger charge is -2.09. The summed E-state index contributed by atoms with van der Waals surface area (Å²) in [6, 6.07) is 11.1. The molecule has 0 aliphatic heterocycles. The fourth-order valence-corrected chi connectivity index (χ4v) is 1.69. The Balaban J connectivity index is 2.34. The highest BCUT2D eigenvalue weighted by atomic mass is 35.5.